The maximum absolute atomic E-state index is 12.8. The van der Waals surface area contributed by atoms with Gasteiger partial charge >= 0.3 is 0 Å². The first-order valence-electron chi connectivity index (χ1n) is 8.31. The third-order valence-corrected chi connectivity index (χ3v) is 6.50. The zero-order chi connectivity index (χ0) is 18.4. The molecule has 0 fully saturated rings. The van der Waals surface area contributed by atoms with Gasteiger partial charge in [0.1, 0.15) is 0 Å². The summed E-state index contributed by atoms with van der Waals surface area (Å²) in [5.41, 5.74) is 3.32. The second-order valence-electron chi connectivity index (χ2n) is 6.44. The molecule has 5 nitrogen and oxygen atoms in total. The molecule has 1 N–H and O–H groups in total. The van der Waals surface area contributed by atoms with Crippen LogP contribution in [0.5, 0.6) is 0 Å². The number of carbonyl (C=O) groups is 1. The average molecular weight is 358 g/mol. The molecule has 6 heteroatoms. The highest BCUT2D eigenvalue weighted by molar-refractivity contribution is 7.93. The molecule has 1 amide bonds. The van der Waals surface area contributed by atoms with E-state index in [1.54, 1.807) is 37.4 Å². The zero-order valence-corrected chi connectivity index (χ0v) is 15.6. The summed E-state index contributed by atoms with van der Waals surface area (Å²) in [5.74, 6) is -0.145. The Bertz CT molecular complexity index is 951. The number of rotatable bonds is 3. The number of anilines is 1. The first-order chi connectivity index (χ1) is 11.8. The number of nitrogens with one attached hydrogen (secondary N) is 1. The second-order valence-corrected chi connectivity index (χ2v) is 8.38. The highest BCUT2D eigenvalue weighted by Gasteiger charge is 2.33. The lowest BCUT2D eigenvalue weighted by atomic mass is 9.96. The van der Waals surface area contributed by atoms with Crippen LogP contribution < -0.4 is 9.62 Å². The molecule has 0 aromatic heterocycles. The van der Waals surface area contributed by atoms with Crippen LogP contribution in [-0.2, 0) is 10.0 Å². The Balaban J connectivity index is 2.20. The molecule has 0 saturated carbocycles. The van der Waals surface area contributed by atoms with Crippen LogP contribution in [0.3, 0.4) is 0 Å². The molecule has 0 radical (unpaired) electrons. The third-order valence-electron chi connectivity index (χ3n) is 4.68. The minimum Gasteiger partial charge on any atom is -0.350 e. The smallest absolute Gasteiger partial charge is 0.264 e. The summed E-state index contributed by atoms with van der Waals surface area (Å²) >= 11 is 0. The summed E-state index contributed by atoms with van der Waals surface area (Å²) in [6.07, 6.45) is 0.847. The molecule has 0 unspecified atom stereocenters. The van der Waals surface area contributed by atoms with Crippen molar-refractivity contribution in [3.63, 3.8) is 0 Å². The first kappa shape index (κ1) is 17.5. The maximum Gasteiger partial charge on any atom is 0.264 e. The van der Waals surface area contributed by atoms with E-state index >= 15 is 0 Å². The van der Waals surface area contributed by atoms with Gasteiger partial charge in [-0.2, -0.15) is 0 Å². The van der Waals surface area contributed by atoms with Crippen molar-refractivity contribution in [2.24, 2.45) is 0 Å². The molecule has 0 bridgehead atoms. The van der Waals surface area contributed by atoms with Crippen molar-refractivity contribution in [3.05, 3.63) is 47.5 Å². The van der Waals surface area contributed by atoms with Crippen LogP contribution in [0.15, 0.2) is 41.3 Å². The predicted molar refractivity (Wildman–Crippen MR) is 99.4 cm³/mol. The van der Waals surface area contributed by atoms with Gasteiger partial charge in [-0.25, -0.2) is 8.42 Å². The summed E-state index contributed by atoms with van der Waals surface area (Å²) in [4.78, 5) is 12.8. The fraction of sp³-hybridized carbons (Fsp3) is 0.316. The van der Waals surface area contributed by atoms with Crippen molar-refractivity contribution in [2.75, 3.05) is 11.4 Å². The van der Waals surface area contributed by atoms with E-state index in [9.17, 15) is 13.2 Å². The zero-order valence-electron chi connectivity index (χ0n) is 14.8. The minimum atomic E-state index is -3.58. The topological polar surface area (TPSA) is 66.5 Å². The van der Waals surface area contributed by atoms with Crippen molar-refractivity contribution >= 4 is 21.6 Å². The second kappa shape index (κ2) is 6.19. The number of carbonyl (C=O) groups excluding carboxylic acids is 1. The largest absolute Gasteiger partial charge is 0.350 e. The van der Waals surface area contributed by atoms with Gasteiger partial charge in [-0.1, -0.05) is 25.1 Å². The molecule has 0 aliphatic carbocycles. The van der Waals surface area contributed by atoms with Gasteiger partial charge in [-0.15, -0.1) is 0 Å². The van der Waals surface area contributed by atoms with Crippen LogP contribution in [0, 0.1) is 6.92 Å². The maximum atomic E-state index is 12.8. The summed E-state index contributed by atoms with van der Waals surface area (Å²) in [7, 11) is -2.03. The standard InChI is InChI=1S/C19H22N2O3S/c1-5-13(3)20-19(22)14-10-12(2)18-16(11-14)15-8-6-7-9-17(15)25(23,24)21(18)4/h6-11,13H,5H2,1-4H3,(H,20,22)/t13-/m0/s1. The molecule has 2 aromatic carbocycles. The van der Waals surface area contributed by atoms with Gasteiger partial charge in [0.2, 0.25) is 0 Å². The Hall–Kier alpha value is -2.34. The predicted octanol–water partition coefficient (Wildman–Crippen LogP) is 3.33. The number of amides is 1. The van der Waals surface area contributed by atoms with Gasteiger partial charge in [0.05, 0.1) is 10.6 Å². The lowest BCUT2D eigenvalue weighted by Gasteiger charge is -2.31. The van der Waals surface area contributed by atoms with E-state index in [-0.39, 0.29) is 16.8 Å². The quantitative estimate of drug-likeness (QED) is 0.915. The normalized spacial score (nSPS) is 15.9. The fourth-order valence-corrected chi connectivity index (χ4v) is 4.61. The molecule has 0 saturated heterocycles. The number of nitrogens with zero attached hydrogens (tertiary/aromatic N) is 1. The van der Waals surface area contributed by atoms with E-state index in [1.807, 2.05) is 26.8 Å². The Morgan fingerprint density at radius 2 is 1.88 bits per heavy atom. The summed E-state index contributed by atoms with van der Waals surface area (Å²) < 4.78 is 26.8. The van der Waals surface area contributed by atoms with Crippen LogP contribution >= 0.6 is 0 Å². The number of hydrogen-bond donors (Lipinski definition) is 1. The molecular formula is C19H22N2O3S. The van der Waals surface area contributed by atoms with Crippen molar-refractivity contribution in [1.82, 2.24) is 5.32 Å². The van der Waals surface area contributed by atoms with E-state index in [2.05, 4.69) is 5.32 Å². The molecular weight excluding hydrogens is 336 g/mol. The van der Waals surface area contributed by atoms with E-state index in [0.717, 1.165) is 17.5 Å². The minimum absolute atomic E-state index is 0.0826. The molecule has 1 atom stereocenters. The molecule has 25 heavy (non-hydrogen) atoms. The van der Waals surface area contributed by atoms with Crippen LogP contribution in [0.25, 0.3) is 11.1 Å². The summed E-state index contributed by atoms with van der Waals surface area (Å²) in [6, 6.07) is 10.5. The van der Waals surface area contributed by atoms with Gasteiger partial charge in [-0.05, 0) is 44.0 Å². The fourth-order valence-electron chi connectivity index (χ4n) is 3.12. The Labute approximate surface area is 148 Å². The van der Waals surface area contributed by atoms with Gasteiger partial charge in [0, 0.05) is 29.8 Å². The van der Waals surface area contributed by atoms with Crippen molar-refractivity contribution in [2.45, 2.75) is 38.1 Å². The van der Waals surface area contributed by atoms with Gasteiger partial charge in [-0.3, -0.25) is 9.10 Å². The van der Waals surface area contributed by atoms with Gasteiger partial charge in [0.15, 0.2) is 0 Å². The molecule has 1 aliphatic heterocycles. The SMILES string of the molecule is CC[C@H](C)NC(=O)c1cc(C)c2c(c1)-c1ccccc1S(=O)(=O)N2C. The summed E-state index contributed by atoms with van der Waals surface area (Å²) in [6.45, 7) is 5.80. The van der Waals surface area contributed by atoms with Crippen molar-refractivity contribution < 1.29 is 13.2 Å². The molecule has 2 aromatic rings. The number of fused-ring (bicyclic) bond motifs is 3. The first-order valence-corrected chi connectivity index (χ1v) is 9.75. The number of benzene rings is 2. The molecule has 132 valence electrons. The van der Waals surface area contributed by atoms with Crippen LogP contribution in [0.4, 0.5) is 5.69 Å². The molecule has 3 rings (SSSR count). The molecule has 1 aliphatic rings. The van der Waals surface area contributed by atoms with Crippen LogP contribution in [-0.4, -0.2) is 27.4 Å². The van der Waals surface area contributed by atoms with Crippen LogP contribution in [0.2, 0.25) is 0 Å². The van der Waals surface area contributed by atoms with Crippen molar-refractivity contribution in [3.8, 4) is 11.1 Å². The molecule has 0 spiro atoms. The Kier molecular flexibility index (Phi) is 4.33. The molecule has 1 heterocycles. The van der Waals surface area contributed by atoms with E-state index in [4.69, 9.17) is 0 Å². The summed E-state index contributed by atoms with van der Waals surface area (Å²) in [5, 5.41) is 2.96. The van der Waals surface area contributed by atoms with Gasteiger partial charge in [0.25, 0.3) is 15.9 Å². The van der Waals surface area contributed by atoms with Gasteiger partial charge < -0.3 is 5.32 Å². The Morgan fingerprint density at radius 3 is 2.56 bits per heavy atom. The highest BCUT2D eigenvalue weighted by atomic mass is 32.2. The van der Waals surface area contributed by atoms with Crippen molar-refractivity contribution in [1.29, 1.82) is 0 Å². The monoisotopic (exact) mass is 358 g/mol. The van der Waals surface area contributed by atoms with Crippen LogP contribution in [0.1, 0.15) is 36.2 Å². The number of sulfonamides is 1. The lowest BCUT2D eigenvalue weighted by molar-refractivity contribution is 0.0939. The lowest BCUT2D eigenvalue weighted by Crippen LogP contribution is -2.33. The van der Waals surface area contributed by atoms with E-state index in [1.165, 1.54) is 4.31 Å². The third kappa shape index (κ3) is 2.80. The highest BCUT2D eigenvalue weighted by Crippen LogP contribution is 2.44. The Morgan fingerprint density at radius 1 is 1.20 bits per heavy atom. The van der Waals surface area contributed by atoms with E-state index in [0.29, 0.717) is 16.8 Å². The number of hydrogen-bond acceptors (Lipinski definition) is 3. The van der Waals surface area contributed by atoms with E-state index < -0.39 is 10.0 Å². The number of aryl methyl sites for hydroxylation is 1. The average Bonchev–Trinajstić information content (AvgIpc) is 2.59.